The molecule has 2 aromatic carbocycles. The van der Waals surface area contributed by atoms with Gasteiger partial charge in [0.15, 0.2) is 0 Å². The molecule has 0 fully saturated rings. The average Bonchev–Trinajstić information content (AvgIpc) is 2.80. The van der Waals surface area contributed by atoms with Gasteiger partial charge in [-0.05, 0) is 30.2 Å². The smallest absolute Gasteiger partial charge is 0.0683 e. The van der Waals surface area contributed by atoms with Crippen molar-refractivity contribution in [1.82, 2.24) is 9.78 Å². The summed E-state index contributed by atoms with van der Waals surface area (Å²) in [5, 5.41) is 5.63. The minimum absolute atomic E-state index is 0.912. The van der Waals surface area contributed by atoms with Crippen molar-refractivity contribution in [3.8, 4) is 0 Å². The van der Waals surface area contributed by atoms with E-state index in [0.717, 1.165) is 17.4 Å². The first kappa shape index (κ1) is 11.5. The molecule has 90 valence electrons. The van der Waals surface area contributed by atoms with E-state index in [1.54, 1.807) is 0 Å². The summed E-state index contributed by atoms with van der Waals surface area (Å²) < 4.78 is 3.16. The van der Waals surface area contributed by atoms with Crippen LogP contribution >= 0.6 is 15.9 Å². The summed E-state index contributed by atoms with van der Waals surface area (Å²) in [7, 11) is 0. The molecule has 0 saturated carbocycles. The zero-order chi connectivity index (χ0) is 12.4. The molecule has 18 heavy (non-hydrogen) atoms. The van der Waals surface area contributed by atoms with Gasteiger partial charge in [-0.2, -0.15) is 5.10 Å². The summed E-state index contributed by atoms with van der Waals surface area (Å²) in [5.74, 6) is 0. The zero-order valence-corrected chi connectivity index (χ0v) is 11.5. The first-order chi connectivity index (χ1) is 8.83. The van der Waals surface area contributed by atoms with Crippen LogP contribution in [0.25, 0.3) is 10.9 Å². The second-order valence-corrected chi connectivity index (χ2v) is 5.22. The number of fused-ring (bicyclic) bond motifs is 1. The van der Waals surface area contributed by atoms with Crippen LogP contribution in [-0.4, -0.2) is 9.78 Å². The highest BCUT2D eigenvalue weighted by molar-refractivity contribution is 9.10. The Bertz CT molecular complexity index is 659. The Morgan fingerprint density at radius 2 is 1.89 bits per heavy atom. The Labute approximate surface area is 114 Å². The van der Waals surface area contributed by atoms with Gasteiger partial charge in [-0.1, -0.05) is 46.3 Å². The van der Waals surface area contributed by atoms with Gasteiger partial charge >= 0.3 is 0 Å². The van der Waals surface area contributed by atoms with E-state index in [-0.39, 0.29) is 0 Å². The maximum absolute atomic E-state index is 4.45. The largest absolute Gasteiger partial charge is 0.265 e. The number of aryl methyl sites for hydroxylation is 2. The molecule has 1 aromatic heterocycles. The molecule has 0 spiro atoms. The highest BCUT2D eigenvalue weighted by atomic mass is 79.9. The topological polar surface area (TPSA) is 17.8 Å². The second kappa shape index (κ2) is 4.94. The Morgan fingerprint density at radius 1 is 1.06 bits per heavy atom. The van der Waals surface area contributed by atoms with E-state index in [0.29, 0.717) is 0 Å². The average molecular weight is 301 g/mol. The predicted molar refractivity (Wildman–Crippen MR) is 77.6 cm³/mol. The van der Waals surface area contributed by atoms with E-state index < -0.39 is 0 Å². The third-order valence-corrected chi connectivity index (χ3v) is 3.55. The highest BCUT2D eigenvalue weighted by Gasteiger charge is 2.03. The minimum Gasteiger partial charge on any atom is -0.265 e. The van der Waals surface area contributed by atoms with Crippen LogP contribution in [-0.2, 0) is 13.0 Å². The molecule has 3 rings (SSSR count). The van der Waals surface area contributed by atoms with Crippen molar-refractivity contribution in [2.45, 2.75) is 13.0 Å². The summed E-state index contributed by atoms with van der Waals surface area (Å²) in [4.78, 5) is 0. The summed E-state index contributed by atoms with van der Waals surface area (Å²) in [6.07, 6.45) is 2.93. The van der Waals surface area contributed by atoms with Crippen molar-refractivity contribution in [2.24, 2.45) is 0 Å². The molecule has 0 radical (unpaired) electrons. The second-order valence-electron chi connectivity index (χ2n) is 4.31. The standard InChI is InChI=1S/C15H13BrN2/c16-14-6-7-15-13(10-14)11-17-18(15)9-8-12-4-2-1-3-5-12/h1-7,10-11H,8-9H2. The third-order valence-electron chi connectivity index (χ3n) is 3.06. The molecule has 3 heteroatoms. The quantitative estimate of drug-likeness (QED) is 0.714. The van der Waals surface area contributed by atoms with Gasteiger partial charge in [0.05, 0.1) is 11.7 Å². The SMILES string of the molecule is Brc1ccc2c(cnn2CCc2ccccc2)c1. The Morgan fingerprint density at radius 3 is 2.72 bits per heavy atom. The zero-order valence-electron chi connectivity index (χ0n) is 9.88. The van der Waals surface area contributed by atoms with Crippen molar-refractivity contribution < 1.29 is 0 Å². The monoisotopic (exact) mass is 300 g/mol. The highest BCUT2D eigenvalue weighted by Crippen LogP contribution is 2.19. The van der Waals surface area contributed by atoms with E-state index in [1.165, 1.54) is 16.5 Å². The number of nitrogens with zero attached hydrogens (tertiary/aromatic N) is 2. The van der Waals surface area contributed by atoms with Gasteiger partial charge in [0.2, 0.25) is 0 Å². The molecule has 0 bridgehead atoms. The van der Waals surface area contributed by atoms with Gasteiger partial charge in [-0.3, -0.25) is 4.68 Å². The fourth-order valence-corrected chi connectivity index (χ4v) is 2.49. The molecule has 0 aliphatic heterocycles. The summed E-state index contributed by atoms with van der Waals surface area (Å²) >= 11 is 3.48. The Balaban J connectivity index is 1.83. The number of aromatic nitrogens is 2. The Kier molecular flexibility index (Phi) is 3.15. The normalized spacial score (nSPS) is 10.9. The maximum Gasteiger partial charge on any atom is 0.0683 e. The van der Waals surface area contributed by atoms with Crippen LogP contribution in [0.3, 0.4) is 0 Å². The van der Waals surface area contributed by atoms with Crippen LogP contribution in [0, 0.1) is 0 Å². The van der Waals surface area contributed by atoms with E-state index in [2.05, 4.69) is 68.2 Å². The number of halogens is 1. The molecule has 0 aliphatic rings. The summed E-state index contributed by atoms with van der Waals surface area (Å²) in [5.41, 5.74) is 2.53. The van der Waals surface area contributed by atoms with Crippen LogP contribution in [0.1, 0.15) is 5.56 Å². The number of hydrogen-bond donors (Lipinski definition) is 0. The van der Waals surface area contributed by atoms with Gasteiger partial charge in [0.1, 0.15) is 0 Å². The number of rotatable bonds is 3. The number of benzene rings is 2. The van der Waals surface area contributed by atoms with Crippen molar-refractivity contribution >= 4 is 26.8 Å². The lowest BCUT2D eigenvalue weighted by Crippen LogP contribution is -2.02. The molecular weight excluding hydrogens is 288 g/mol. The fourth-order valence-electron chi connectivity index (χ4n) is 2.12. The molecule has 1 heterocycles. The predicted octanol–water partition coefficient (Wildman–Crippen LogP) is 4.04. The molecular formula is C15H13BrN2. The van der Waals surface area contributed by atoms with Crippen molar-refractivity contribution in [2.75, 3.05) is 0 Å². The molecule has 0 aliphatic carbocycles. The van der Waals surface area contributed by atoms with Gasteiger partial charge in [0.25, 0.3) is 0 Å². The van der Waals surface area contributed by atoms with E-state index in [1.807, 2.05) is 12.3 Å². The Hall–Kier alpha value is -1.61. The summed E-state index contributed by atoms with van der Waals surface area (Å²) in [6.45, 7) is 0.912. The minimum atomic E-state index is 0.912. The van der Waals surface area contributed by atoms with Gasteiger partial charge < -0.3 is 0 Å². The van der Waals surface area contributed by atoms with Crippen LogP contribution in [0.15, 0.2) is 59.2 Å². The van der Waals surface area contributed by atoms with Crippen LogP contribution in [0.2, 0.25) is 0 Å². The van der Waals surface area contributed by atoms with Crippen LogP contribution < -0.4 is 0 Å². The van der Waals surface area contributed by atoms with Crippen molar-refractivity contribution in [3.05, 3.63) is 64.8 Å². The maximum atomic E-state index is 4.45. The number of hydrogen-bond acceptors (Lipinski definition) is 1. The molecule has 0 amide bonds. The van der Waals surface area contributed by atoms with Crippen molar-refractivity contribution in [3.63, 3.8) is 0 Å². The van der Waals surface area contributed by atoms with Crippen LogP contribution in [0.5, 0.6) is 0 Å². The molecule has 3 aromatic rings. The lowest BCUT2D eigenvalue weighted by Gasteiger charge is -2.04. The molecule has 0 saturated heterocycles. The first-order valence-corrected chi connectivity index (χ1v) is 6.77. The third kappa shape index (κ3) is 2.31. The van der Waals surface area contributed by atoms with E-state index in [9.17, 15) is 0 Å². The lowest BCUT2D eigenvalue weighted by molar-refractivity contribution is 0.635. The lowest BCUT2D eigenvalue weighted by atomic mass is 10.1. The van der Waals surface area contributed by atoms with Gasteiger partial charge in [0, 0.05) is 16.4 Å². The van der Waals surface area contributed by atoms with E-state index >= 15 is 0 Å². The van der Waals surface area contributed by atoms with Gasteiger partial charge in [-0.25, -0.2) is 0 Å². The first-order valence-electron chi connectivity index (χ1n) is 5.98. The van der Waals surface area contributed by atoms with Gasteiger partial charge in [-0.15, -0.1) is 0 Å². The molecule has 2 nitrogen and oxygen atoms in total. The summed E-state index contributed by atoms with van der Waals surface area (Å²) in [6, 6.07) is 16.8. The molecule has 0 atom stereocenters. The molecule has 0 unspecified atom stereocenters. The van der Waals surface area contributed by atoms with Crippen LogP contribution in [0.4, 0.5) is 0 Å². The van der Waals surface area contributed by atoms with E-state index in [4.69, 9.17) is 0 Å². The molecule has 0 N–H and O–H groups in total. The van der Waals surface area contributed by atoms with Crippen molar-refractivity contribution in [1.29, 1.82) is 0 Å². The fraction of sp³-hybridized carbons (Fsp3) is 0.133.